The van der Waals surface area contributed by atoms with Crippen LogP contribution in [0.4, 0.5) is 10.5 Å². The van der Waals surface area contributed by atoms with Crippen LogP contribution in [0.2, 0.25) is 0 Å². The van der Waals surface area contributed by atoms with Crippen LogP contribution in [0.3, 0.4) is 0 Å². The fourth-order valence-electron chi connectivity index (χ4n) is 3.27. The maximum Gasteiger partial charge on any atom is 0.335 e. The highest BCUT2D eigenvalue weighted by Crippen LogP contribution is 2.29. The summed E-state index contributed by atoms with van der Waals surface area (Å²) in [6.45, 7) is 5.50. The van der Waals surface area contributed by atoms with Crippen molar-refractivity contribution in [3.05, 3.63) is 69.8 Å². The minimum atomic E-state index is -1.08. The van der Waals surface area contributed by atoms with Gasteiger partial charge in [0.15, 0.2) is 0 Å². The predicted octanol–water partition coefficient (Wildman–Crippen LogP) is 2.98. The van der Waals surface area contributed by atoms with Crippen molar-refractivity contribution < 1.29 is 24.3 Å². The van der Waals surface area contributed by atoms with Crippen LogP contribution in [0.15, 0.2) is 42.0 Å². The fraction of sp³-hybridized carbons (Fsp3) is 0.143. The predicted molar refractivity (Wildman–Crippen MR) is 103 cm³/mol. The van der Waals surface area contributed by atoms with Crippen molar-refractivity contribution in [1.29, 1.82) is 0 Å². The molecule has 3 rings (SSSR count). The van der Waals surface area contributed by atoms with Crippen LogP contribution in [0, 0.1) is 20.8 Å². The SMILES string of the molecule is Cc1cc(C)c(N2C(=O)NC(=O)C(=Cc3ccc(C(=O)O)cc3)C2=O)c(C)c1. The number of aromatic carboxylic acids is 1. The molecule has 0 aromatic heterocycles. The van der Waals surface area contributed by atoms with Gasteiger partial charge in [0.05, 0.1) is 11.3 Å². The number of amides is 4. The Kier molecular flexibility index (Phi) is 4.83. The van der Waals surface area contributed by atoms with E-state index >= 15 is 0 Å². The van der Waals surface area contributed by atoms with Crippen molar-refractivity contribution in [1.82, 2.24) is 5.32 Å². The number of barbiturate groups is 1. The summed E-state index contributed by atoms with van der Waals surface area (Å²) in [6, 6.07) is 8.62. The standard InChI is InChI=1S/C21H18N2O5/c1-11-8-12(2)17(13(3)9-11)23-19(25)16(18(24)22-21(23)28)10-14-4-6-15(7-5-14)20(26)27/h4-10H,1-3H3,(H,26,27)(H,22,24,28). The molecule has 0 saturated carbocycles. The lowest BCUT2D eigenvalue weighted by atomic mass is 10.0. The molecule has 2 aromatic rings. The minimum Gasteiger partial charge on any atom is -0.478 e. The number of nitrogens with one attached hydrogen (secondary N) is 1. The van der Waals surface area contributed by atoms with Crippen molar-refractivity contribution in [2.24, 2.45) is 0 Å². The number of carbonyl (C=O) groups excluding carboxylic acids is 3. The Hall–Kier alpha value is -3.74. The summed E-state index contributed by atoms with van der Waals surface area (Å²) in [5.41, 5.74) is 3.25. The molecule has 0 unspecified atom stereocenters. The van der Waals surface area contributed by atoms with Crippen LogP contribution in [-0.4, -0.2) is 28.9 Å². The first-order valence-electron chi connectivity index (χ1n) is 8.51. The van der Waals surface area contributed by atoms with Crippen molar-refractivity contribution >= 4 is 35.6 Å². The summed E-state index contributed by atoms with van der Waals surface area (Å²) in [5.74, 6) is -2.60. The van der Waals surface area contributed by atoms with E-state index in [4.69, 9.17) is 5.11 Å². The van der Waals surface area contributed by atoms with Crippen molar-refractivity contribution in [2.75, 3.05) is 4.90 Å². The molecule has 4 amide bonds. The molecule has 2 N–H and O–H groups in total. The number of imide groups is 2. The van der Waals surface area contributed by atoms with Gasteiger partial charge >= 0.3 is 12.0 Å². The maximum absolute atomic E-state index is 13.0. The van der Waals surface area contributed by atoms with E-state index < -0.39 is 23.8 Å². The van der Waals surface area contributed by atoms with Gasteiger partial charge in [-0.3, -0.25) is 14.9 Å². The number of benzene rings is 2. The Morgan fingerprint density at radius 3 is 2.11 bits per heavy atom. The third-order valence-corrected chi connectivity index (χ3v) is 4.43. The van der Waals surface area contributed by atoms with E-state index in [1.165, 1.54) is 30.3 Å². The van der Waals surface area contributed by atoms with E-state index in [2.05, 4.69) is 5.32 Å². The first-order valence-corrected chi connectivity index (χ1v) is 8.51. The molecule has 7 heteroatoms. The van der Waals surface area contributed by atoms with Crippen LogP contribution in [0.25, 0.3) is 6.08 Å². The van der Waals surface area contributed by atoms with E-state index in [9.17, 15) is 19.2 Å². The number of carboxylic acids is 1. The number of anilines is 1. The average molecular weight is 378 g/mol. The zero-order valence-electron chi connectivity index (χ0n) is 15.6. The summed E-state index contributed by atoms with van der Waals surface area (Å²) in [5, 5.41) is 11.2. The van der Waals surface area contributed by atoms with E-state index in [0.29, 0.717) is 11.3 Å². The van der Waals surface area contributed by atoms with E-state index in [-0.39, 0.29) is 11.1 Å². The first-order chi connectivity index (χ1) is 13.2. The molecule has 1 saturated heterocycles. The Balaban J connectivity index is 2.04. The van der Waals surface area contributed by atoms with E-state index in [0.717, 1.165) is 21.6 Å². The molecule has 1 aliphatic heterocycles. The molecule has 0 aliphatic carbocycles. The van der Waals surface area contributed by atoms with Gasteiger partial charge in [0.2, 0.25) is 0 Å². The summed E-state index contributed by atoms with van der Waals surface area (Å²) >= 11 is 0. The van der Waals surface area contributed by atoms with Crippen LogP contribution in [-0.2, 0) is 9.59 Å². The molecular formula is C21H18N2O5. The molecule has 0 atom stereocenters. The maximum atomic E-state index is 13.0. The first kappa shape index (κ1) is 19.0. The molecule has 1 heterocycles. The molecule has 142 valence electrons. The number of nitrogens with zero attached hydrogens (tertiary/aromatic N) is 1. The van der Waals surface area contributed by atoms with Gasteiger partial charge in [-0.15, -0.1) is 0 Å². The molecule has 7 nitrogen and oxygen atoms in total. The van der Waals surface area contributed by atoms with E-state index in [1.54, 1.807) is 13.8 Å². The molecule has 0 radical (unpaired) electrons. The second-order valence-corrected chi connectivity index (χ2v) is 6.63. The number of aryl methyl sites for hydroxylation is 3. The molecule has 1 fully saturated rings. The highest BCUT2D eigenvalue weighted by Gasteiger charge is 2.38. The lowest BCUT2D eigenvalue weighted by Crippen LogP contribution is -2.54. The van der Waals surface area contributed by atoms with Gasteiger partial charge in [0.1, 0.15) is 5.57 Å². The quantitative estimate of drug-likeness (QED) is 0.631. The molecule has 2 aromatic carbocycles. The summed E-state index contributed by atoms with van der Waals surface area (Å²) in [4.78, 5) is 49.6. The molecular weight excluding hydrogens is 360 g/mol. The van der Waals surface area contributed by atoms with Crippen LogP contribution < -0.4 is 10.2 Å². The summed E-state index contributed by atoms with van der Waals surface area (Å²) < 4.78 is 0. The second-order valence-electron chi connectivity index (χ2n) is 6.63. The van der Waals surface area contributed by atoms with Crippen molar-refractivity contribution in [3.63, 3.8) is 0 Å². The van der Waals surface area contributed by atoms with Gasteiger partial charge in [0, 0.05) is 0 Å². The Morgan fingerprint density at radius 2 is 1.57 bits per heavy atom. The van der Waals surface area contributed by atoms with Gasteiger partial charge in [-0.2, -0.15) is 0 Å². The molecule has 28 heavy (non-hydrogen) atoms. The summed E-state index contributed by atoms with van der Waals surface area (Å²) in [6.07, 6.45) is 1.33. The highest BCUT2D eigenvalue weighted by molar-refractivity contribution is 6.39. The van der Waals surface area contributed by atoms with Crippen molar-refractivity contribution in [2.45, 2.75) is 20.8 Å². The normalized spacial score (nSPS) is 15.8. The monoisotopic (exact) mass is 378 g/mol. The zero-order valence-corrected chi connectivity index (χ0v) is 15.6. The van der Waals surface area contributed by atoms with Crippen molar-refractivity contribution in [3.8, 4) is 0 Å². The lowest BCUT2D eigenvalue weighted by molar-refractivity contribution is -0.122. The van der Waals surface area contributed by atoms with Gasteiger partial charge in [-0.05, 0) is 55.7 Å². The van der Waals surface area contributed by atoms with Crippen LogP contribution in [0.1, 0.15) is 32.6 Å². The molecule has 0 bridgehead atoms. The minimum absolute atomic E-state index is 0.0873. The molecule has 1 aliphatic rings. The number of carbonyl (C=O) groups is 4. The number of rotatable bonds is 3. The molecule has 0 spiro atoms. The number of urea groups is 1. The van der Waals surface area contributed by atoms with Crippen LogP contribution in [0.5, 0.6) is 0 Å². The average Bonchev–Trinajstić information content (AvgIpc) is 2.61. The number of carboxylic acid groups (broad SMARTS) is 1. The topological polar surface area (TPSA) is 104 Å². The Labute approximate surface area is 161 Å². The largest absolute Gasteiger partial charge is 0.478 e. The van der Waals surface area contributed by atoms with Gasteiger partial charge in [-0.25, -0.2) is 14.5 Å². The van der Waals surface area contributed by atoms with Gasteiger partial charge in [-0.1, -0.05) is 29.8 Å². The number of hydrogen-bond donors (Lipinski definition) is 2. The Morgan fingerprint density at radius 1 is 1.00 bits per heavy atom. The third kappa shape index (κ3) is 3.42. The Bertz CT molecular complexity index is 1030. The smallest absolute Gasteiger partial charge is 0.335 e. The van der Waals surface area contributed by atoms with Crippen LogP contribution >= 0.6 is 0 Å². The van der Waals surface area contributed by atoms with Gasteiger partial charge < -0.3 is 5.11 Å². The number of hydrogen-bond acceptors (Lipinski definition) is 4. The van der Waals surface area contributed by atoms with Gasteiger partial charge in [0.25, 0.3) is 11.8 Å². The summed E-state index contributed by atoms with van der Waals surface area (Å²) in [7, 11) is 0. The second kappa shape index (κ2) is 7.11. The lowest BCUT2D eigenvalue weighted by Gasteiger charge is -2.29. The third-order valence-electron chi connectivity index (χ3n) is 4.43. The zero-order chi connectivity index (χ0) is 20.6. The fourth-order valence-corrected chi connectivity index (χ4v) is 3.27. The highest BCUT2D eigenvalue weighted by atomic mass is 16.4. The van der Waals surface area contributed by atoms with E-state index in [1.807, 2.05) is 19.1 Å².